The summed E-state index contributed by atoms with van der Waals surface area (Å²) in [6.45, 7) is 0.613. The smallest absolute Gasteiger partial charge is 0.157 e. The van der Waals surface area contributed by atoms with Gasteiger partial charge >= 0.3 is 0 Å². The van der Waals surface area contributed by atoms with Crippen molar-refractivity contribution in [2.75, 3.05) is 5.32 Å². The van der Waals surface area contributed by atoms with Gasteiger partial charge in [0.05, 0.1) is 23.9 Å². The van der Waals surface area contributed by atoms with Crippen molar-refractivity contribution in [3.8, 4) is 10.6 Å². The lowest BCUT2D eigenvalue weighted by Crippen LogP contribution is -2.02. The molecule has 4 heterocycles. The Balaban J connectivity index is 1.79. The van der Waals surface area contributed by atoms with Gasteiger partial charge in [-0.05, 0) is 23.6 Å². The first-order valence-electron chi connectivity index (χ1n) is 6.54. The molecule has 4 rings (SSSR count). The van der Waals surface area contributed by atoms with Crippen LogP contribution in [0, 0.1) is 0 Å². The minimum Gasteiger partial charge on any atom is -0.467 e. The summed E-state index contributed by atoms with van der Waals surface area (Å²) in [4.78, 5) is 9.93. The lowest BCUT2D eigenvalue weighted by Gasteiger charge is -2.06. The fraction of sp³-hybridized carbons (Fsp3) is 0.0667. The quantitative estimate of drug-likeness (QED) is 0.624. The predicted octanol–water partition coefficient (Wildman–Crippen LogP) is 3.66. The molecule has 0 aromatic carbocycles. The number of imidazole rings is 1. The largest absolute Gasteiger partial charge is 0.467 e. The zero-order valence-electron chi connectivity index (χ0n) is 11.1. The molecule has 0 saturated heterocycles. The lowest BCUT2D eigenvalue weighted by molar-refractivity contribution is 0.518. The number of nitrogens with one attached hydrogen (secondary N) is 1. The molecule has 0 aliphatic carbocycles. The summed E-state index contributed by atoms with van der Waals surface area (Å²) in [6, 6.07) is 7.93. The maximum Gasteiger partial charge on any atom is 0.157 e. The third-order valence-corrected chi connectivity index (χ3v) is 4.07. The Hall–Kier alpha value is -2.60. The van der Waals surface area contributed by atoms with E-state index in [9.17, 15) is 0 Å². The van der Waals surface area contributed by atoms with Crippen molar-refractivity contribution in [1.82, 2.24) is 14.4 Å². The molecule has 0 bridgehead atoms. The number of hydrogen-bond donors (Lipinski definition) is 1. The van der Waals surface area contributed by atoms with Crippen molar-refractivity contribution in [3.63, 3.8) is 0 Å². The average Bonchev–Trinajstić information content (AvgIpc) is 3.25. The van der Waals surface area contributed by atoms with Crippen LogP contribution in [0.5, 0.6) is 0 Å². The average molecular weight is 296 g/mol. The van der Waals surface area contributed by atoms with Gasteiger partial charge in [0.25, 0.3) is 0 Å². The topological polar surface area (TPSA) is 55.4 Å². The van der Waals surface area contributed by atoms with Crippen molar-refractivity contribution in [2.24, 2.45) is 0 Å². The molecule has 0 fully saturated rings. The fourth-order valence-electron chi connectivity index (χ4n) is 2.24. The van der Waals surface area contributed by atoms with Crippen LogP contribution in [0.1, 0.15) is 5.76 Å². The number of fused-ring (bicyclic) bond motifs is 1. The molecule has 4 aromatic heterocycles. The van der Waals surface area contributed by atoms with Gasteiger partial charge in [-0.25, -0.2) is 4.98 Å². The summed E-state index contributed by atoms with van der Waals surface area (Å²) >= 11 is 1.67. The van der Waals surface area contributed by atoms with Crippen LogP contribution in [-0.2, 0) is 6.54 Å². The molecule has 6 heteroatoms. The second-order valence-corrected chi connectivity index (χ2v) is 5.47. The van der Waals surface area contributed by atoms with Crippen LogP contribution in [0.15, 0.2) is 58.9 Å². The van der Waals surface area contributed by atoms with Crippen LogP contribution in [0.25, 0.3) is 16.2 Å². The van der Waals surface area contributed by atoms with Crippen LogP contribution in [0.3, 0.4) is 0 Å². The van der Waals surface area contributed by atoms with Crippen LogP contribution >= 0.6 is 11.3 Å². The van der Waals surface area contributed by atoms with E-state index < -0.39 is 0 Å². The predicted molar refractivity (Wildman–Crippen MR) is 82.3 cm³/mol. The van der Waals surface area contributed by atoms with E-state index in [1.165, 1.54) is 0 Å². The number of hydrogen-bond acceptors (Lipinski definition) is 5. The van der Waals surface area contributed by atoms with Gasteiger partial charge in [0, 0.05) is 12.4 Å². The van der Waals surface area contributed by atoms with E-state index in [4.69, 9.17) is 4.42 Å². The zero-order valence-corrected chi connectivity index (χ0v) is 11.9. The van der Waals surface area contributed by atoms with Gasteiger partial charge in [0.1, 0.15) is 17.3 Å². The van der Waals surface area contributed by atoms with Crippen molar-refractivity contribution < 1.29 is 4.42 Å². The Morgan fingerprint density at radius 2 is 2.29 bits per heavy atom. The molecule has 0 aliphatic heterocycles. The first kappa shape index (κ1) is 12.2. The van der Waals surface area contributed by atoms with E-state index in [2.05, 4.69) is 21.4 Å². The number of nitrogens with zero attached hydrogens (tertiary/aromatic N) is 3. The number of aromatic nitrogens is 3. The standard InChI is InChI=1S/C15H12N4OS/c1-3-11(20-7-1)9-17-15-14(12-4-2-8-21-12)18-13-10-16-5-6-19(13)15/h1-8,10,17H,9H2. The molecular weight excluding hydrogens is 284 g/mol. The van der Waals surface area contributed by atoms with Gasteiger partial charge in [-0.15, -0.1) is 11.3 Å². The molecule has 0 radical (unpaired) electrons. The molecule has 1 N–H and O–H groups in total. The number of thiophene rings is 1. The van der Waals surface area contributed by atoms with Gasteiger partial charge in [-0.1, -0.05) is 6.07 Å². The summed E-state index contributed by atoms with van der Waals surface area (Å²) < 4.78 is 7.38. The molecular formula is C15H12N4OS. The van der Waals surface area contributed by atoms with E-state index in [1.54, 1.807) is 30.0 Å². The van der Waals surface area contributed by atoms with E-state index >= 15 is 0 Å². The van der Waals surface area contributed by atoms with Gasteiger partial charge in [-0.2, -0.15) is 0 Å². The Labute approximate surface area is 124 Å². The first-order chi connectivity index (χ1) is 10.4. The Kier molecular flexibility index (Phi) is 2.93. The number of furan rings is 1. The Morgan fingerprint density at radius 3 is 3.10 bits per heavy atom. The number of rotatable bonds is 4. The highest BCUT2D eigenvalue weighted by molar-refractivity contribution is 7.13. The highest BCUT2D eigenvalue weighted by Gasteiger charge is 2.14. The van der Waals surface area contributed by atoms with Gasteiger partial charge < -0.3 is 9.73 Å². The SMILES string of the molecule is c1coc(CNc2c(-c3cccs3)nc3cnccn23)c1. The molecule has 0 atom stereocenters. The van der Waals surface area contributed by atoms with Crippen molar-refractivity contribution in [2.45, 2.75) is 6.54 Å². The molecule has 4 aromatic rings. The molecule has 0 saturated carbocycles. The van der Waals surface area contributed by atoms with Gasteiger partial charge in [0.15, 0.2) is 5.65 Å². The monoisotopic (exact) mass is 296 g/mol. The van der Waals surface area contributed by atoms with Crippen molar-refractivity contribution in [3.05, 3.63) is 60.3 Å². The lowest BCUT2D eigenvalue weighted by atomic mass is 10.3. The molecule has 0 aliphatic rings. The highest BCUT2D eigenvalue weighted by Crippen LogP contribution is 2.31. The summed E-state index contributed by atoms with van der Waals surface area (Å²) in [7, 11) is 0. The molecule has 21 heavy (non-hydrogen) atoms. The third kappa shape index (κ3) is 2.19. The minimum absolute atomic E-state index is 0.613. The fourth-order valence-corrected chi connectivity index (χ4v) is 2.96. The van der Waals surface area contributed by atoms with E-state index in [0.717, 1.165) is 27.8 Å². The minimum atomic E-state index is 0.613. The Morgan fingerprint density at radius 1 is 1.29 bits per heavy atom. The van der Waals surface area contributed by atoms with Gasteiger partial charge in [0.2, 0.25) is 0 Å². The molecule has 0 spiro atoms. The molecule has 0 unspecified atom stereocenters. The van der Waals surface area contributed by atoms with Crippen LogP contribution in [0.4, 0.5) is 5.82 Å². The van der Waals surface area contributed by atoms with E-state index in [1.807, 2.05) is 34.2 Å². The summed E-state index contributed by atoms with van der Waals surface area (Å²) in [6.07, 6.45) is 7.10. The highest BCUT2D eigenvalue weighted by atomic mass is 32.1. The first-order valence-corrected chi connectivity index (χ1v) is 7.42. The van der Waals surface area contributed by atoms with Crippen molar-refractivity contribution in [1.29, 1.82) is 0 Å². The van der Waals surface area contributed by atoms with Crippen molar-refractivity contribution >= 4 is 22.8 Å². The maximum atomic E-state index is 5.37. The normalized spacial score (nSPS) is 11.0. The second kappa shape index (κ2) is 5.06. The third-order valence-electron chi connectivity index (χ3n) is 3.19. The zero-order chi connectivity index (χ0) is 14.1. The van der Waals surface area contributed by atoms with E-state index in [-0.39, 0.29) is 0 Å². The second-order valence-electron chi connectivity index (χ2n) is 4.52. The maximum absolute atomic E-state index is 5.37. The van der Waals surface area contributed by atoms with Crippen LogP contribution < -0.4 is 5.32 Å². The van der Waals surface area contributed by atoms with E-state index in [0.29, 0.717) is 6.54 Å². The molecule has 0 amide bonds. The van der Waals surface area contributed by atoms with Crippen LogP contribution in [0.2, 0.25) is 0 Å². The molecule has 104 valence electrons. The summed E-state index contributed by atoms with van der Waals surface area (Å²) in [5.74, 6) is 1.84. The number of anilines is 1. The summed E-state index contributed by atoms with van der Waals surface area (Å²) in [5, 5.41) is 5.46. The summed E-state index contributed by atoms with van der Waals surface area (Å²) in [5.41, 5.74) is 1.76. The van der Waals surface area contributed by atoms with Crippen LogP contribution in [-0.4, -0.2) is 14.4 Å². The Bertz CT molecular complexity index is 849. The molecule has 5 nitrogen and oxygen atoms in total. The van der Waals surface area contributed by atoms with Gasteiger partial charge in [-0.3, -0.25) is 9.38 Å².